The molecule has 0 radical (unpaired) electrons. The third kappa shape index (κ3) is 4.15. The number of nitrogens with zero attached hydrogens (tertiary/aromatic N) is 4. The van der Waals surface area contributed by atoms with Crippen molar-refractivity contribution in [3.05, 3.63) is 36.0 Å². The van der Waals surface area contributed by atoms with Gasteiger partial charge in [0.05, 0.1) is 12.1 Å². The van der Waals surface area contributed by atoms with E-state index in [1.807, 2.05) is 24.9 Å². The van der Waals surface area contributed by atoms with Gasteiger partial charge >= 0.3 is 0 Å². The smallest absolute Gasteiger partial charge is 0.236 e. The minimum Gasteiger partial charge on any atom is -0.370 e. The summed E-state index contributed by atoms with van der Waals surface area (Å²) in [4.78, 5) is 23.6. The fourth-order valence-electron chi connectivity index (χ4n) is 3.76. The summed E-state index contributed by atoms with van der Waals surface area (Å²) in [6, 6.07) is 8.56. The van der Waals surface area contributed by atoms with E-state index in [-0.39, 0.29) is 5.91 Å². The normalized spacial score (nSPS) is 15.9. The third-order valence-corrected chi connectivity index (χ3v) is 5.28. The molecule has 5 heteroatoms. The Labute approximate surface area is 156 Å². The van der Waals surface area contributed by atoms with Gasteiger partial charge in [0.15, 0.2) is 0 Å². The maximum Gasteiger partial charge on any atom is 0.236 e. The van der Waals surface area contributed by atoms with E-state index >= 15 is 0 Å². The van der Waals surface area contributed by atoms with Gasteiger partial charge in [0, 0.05) is 56.5 Å². The summed E-state index contributed by atoms with van der Waals surface area (Å²) >= 11 is 0. The third-order valence-electron chi connectivity index (χ3n) is 5.28. The number of likely N-dealkylation sites (N-methyl/N-ethyl adjacent to an activating group) is 1. The Morgan fingerprint density at radius 2 is 1.92 bits per heavy atom. The second kappa shape index (κ2) is 8.49. The number of aromatic nitrogens is 1. The highest BCUT2D eigenvalue weighted by atomic mass is 16.2. The zero-order valence-corrected chi connectivity index (χ0v) is 16.2. The van der Waals surface area contributed by atoms with Crippen LogP contribution in [0, 0.1) is 6.92 Å². The van der Waals surface area contributed by atoms with E-state index < -0.39 is 0 Å². The molecule has 0 spiro atoms. The molecule has 1 fully saturated rings. The van der Waals surface area contributed by atoms with Gasteiger partial charge in [0.25, 0.3) is 0 Å². The average molecular weight is 354 g/mol. The molecule has 0 unspecified atom stereocenters. The zero-order valence-electron chi connectivity index (χ0n) is 16.2. The van der Waals surface area contributed by atoms with E-state index in [0.29, 0.717) is 6.54 Å². The molecule has 0 N–H and O–H groups in total. The molecule has 0 aliphatic carbocycles. The summed E-state index contributed by atoms with van der Waals surface area (Å²) in [5.74, 6) is 0.244. The predicted octanol–water partition coefficient (Wildman–Crippen LogP) is 2.92. The number of rotatable bonds is 5. The molecular formula is C21H30N4O. The zero-order chi connectivity index (χ0) is 18.5. The predicted molar refractivity (Wildman–Crippen MR) is 108 cm³/mol. The number of fused-ring (bicyclic) bond motifs is 1. The Balaban J connectivity index is 1.71. The standard InChI is InChI=1S/C21H30N4O/c1-4-24(5-2)21(26)16-23-11-6-12-25(14-13-23)20-9-10-22-19-8-7-17(3)15-18(19)20/h7-10,15H,4-6,11-14,16H2,1-3H3. The van der Waals surface area contributed by atoms with Gasteiger partial charge in [0.2, 0.25) is 5.91 Å². The molecule has 140 valence electrons. The SMILES string of the molecule is CCN(CC)C(=O)CN1CCCN(c2ccnc3ccc(C)cc23)CC1. The number of carbonyl (C=O) groups is 1. The van der Waals surface area contributed by atoms with E-state index in [1.54, 1.807) is 0 Å². The van der Waals surface area contributed by atoms with Crippen molar-refractivity contribution in [2.24, 2.45) is 0 Å². The number of pyridine rings is 1. The molecule has 1 amide bonds. The van der Waals surface area contributed by atoms with Crippen LogP contribution >= 0.6 is 0 Å². The highest BCUT2D eigenvalue weighted by Gasteiger charge is 2.20. The summed E-state index contributed by atoms with van der Waals surface area (Å²) < 4.78 is 0. The molecule has 1 aliphatic rings. The van der Waals surface area contributed by atoms with Crippen LogP contribution in [0.4, 0.5) is 5.69 Å². The first-order chi connectivity index (χ1) is 12.6. The number of anilines is 1. The molecule has 26 heavy (non-hydrogen) atoms. The minimum atomic E-state index is 0.244. The molecular weight excluding hydrogens is 324 g/mol. The molecule has 1 aliphatic heterocycles. The minimum absolute atomic E-state index is 0.244. The van der Waals surface area contributed by atoms with E-state index in [9.17, 15) is 4.79 Å². The first kappa shape index (κ1) is 18.6. The monoisotopic (exact) mass is 354 g/mol. The van der Waals surface area contributed by atoms with Gasteiger partial charge in [-0.2, -0.15) is 0 Å². The van der Waals surface area contributed by atoms with Gasteiger partial charge in [-0.15, -0.1) is 0 Å². The Morgan fingerprint density at radius 1 is 1.12 bits per heavy atom. The van der Waals surface area contributed by atoms with Crippen LogP contribution < -0.4 is 4.90 Å². The number of carbonyl (C=O) groups excluding carboxylic acids is 1. The van der Waals surface area contributed by atoms with E-state index in [4.69, 9.17) is 0 Å². The van der Waals surface area contributed by atoms with Crippen LogP contribution in [0.1, 0.15) is 25.8 Å². The lowest BCUT2D eigenvalue weighted by Gasteiger charge is -2.26. The maximum absolute atomic E-state index is 12.4. The number of hydrogen-bond acceptors (Lipinski definition) is 4. The van der Waals surface area contributed by atoms with Crippen molar-refractivity contribution in [2.45, 2.75) is 27.2 Å². The van der Waals surface area contributed by atoms with Crippen molar-refractivity contribution in [1.82, 2.24) is 14.8 Å². The first-order valence-corrected chi connectivity index (χ1v) is 9.72. The van der Waals surface area contributed by atoms with Gasteiger partial charge in [-0.3, -0.25) is 14.7 Å². The van der Waals surface area contributed by atoms with E-state index in [1.165, 1.54) is 16.6 Å². The molecule has 2 heterocycles. The lowest BCUT2D eigenvalue weighted by atomic mass is 10.1. The van der Waals surface area contributed by atoms with Crippen LogP contribution in [0.2, 0.25) is 0 Å². The van der Waals surface area contributed by atoms with E-state index in [0.717, 1.165) is 51.2 Å². The van der Waals surface area contributed by atoms with Crippen molar-refractivity contribution in [1.29, 1.82) is 0 Å². The fraction of sp³-hybridized carbons (Fsp3) is 0.524. The Hall–Kier alpha value is -2.14. The molecule has 0 saturated carbocycles. The van der Waals surface area contributed by atoms with Crippen LogP contribution in [0.5, 0.6) is 0 Å². The largest absolute Gasteiger partial charge is 0.370 e. The number of hydrogen-bond donors (Lipinski definition) is 0. The Kier molecular flexibility index (Phi) is 6.09. The van der Waals surface area contributed by atoms with Crippen molar-refractivity contribution in [2.75, 3.05) is 50.7 Å². The van der Waals surface area contributed by atoms with Crippen LogP contribution in [0.15, 0.2) is 30.5 Å². The van der Waals surface area contributed by atoms with Gasteiger partial charge in [-0.1, -0.05) is 11.6 Å². The van der Waals surface area contributed by atoms with Crippen molar-refractivity contribution < 1.29 is 4.79 Å². The number of aryl methyl sites for hydroxylation is 1. The second-order valence-electron chi connectivity index (χ2n) is 7.03. The molecule has 5 nitrogen and oxygen atoms in total. The summed E-state index contributed by atoms with van der Waals surface area (Å²) in [7, 11) is 0. The highest BCUT2D eigenvalue weighted by molar-refractivity contribution is 5.92. The molecule has 0 atom stereocenters. The lowest BCUT2D eigenvalue weighted by Crippen LogP contribution is -2.41. The summed E-state index contributed by atoms with van der Waals surface area (Å²) in [5, 5.41) is 1.22. The molecule has 0 bridgehead atoms. The average Bonchev–Trinajstić information content (AvgIpc) is 2.87. The van der Waals surface area contributed by atoms with Gasteiger partial charge in [-0.25, -0.2) is 0 Å². The molecule has 2 aromatic rings. The molecule has 1 saturated heterocycles. The molecule has 1 aromatic carbocycles. The van der Waals surface area contributed by atoms with Crippen molar-refractivity contribution in [3.8, 4) is 0 Å². The van der Waals surface area contributed by atoms with Crippen LogP contribution in [0.25, 0.3) is 10.9 Å². The quantitative estimate of drug-likeness (QED) is 0.828. The fourth-order valence-corrected chi connectivity index (χ4v) is 3.76. The summed E-state index contributed by atoms with van der Waals surface area (Å²) in [6.07, 6.45) is 2.97. The molecule has 3 rings (SSSR count). The maximum atomic E-state index is 12.4. The van der Waals surface area contributed by atoms with Crippen molar-refractivity contribution >= 4 is 22.5 Å². The van der Waals surface area contributed by atoms with Crippen LogP contribution in [-0.2, 0) is 4.79 Å². The van der Waals surface area contributed by atoms with Gasteiger partial charge < -0.3 is 9.80 Å². The highest BCUT2D eigenvalue weighted by Crippen LogP contribution is 2.27. The Morgan fingerprint density at radius 3 is 2.69 bits per heavy atom. The van der Waals surface area contributed by atoms with E-state index in [2.05, 4.69) is 46.0 Å². The Bertz CT molecular complexity index is 757. The second-order valence-corrected chi connectivity index (χ2v) is 7.03. The molecule has 1 aromatic heterocycles. The van der Waals surface area contributed by atoms with Crippen molar-refractivity contribution in [3.63, 3.8) is 0 Å². The lowest BCUT2D eigenvalue weighted by molar-refractivity contribution is -0.132. The number of benzene rings is 1. The number of amides is 1. The van der Waals surface area contributed by atoms with Gasteiger partial charge in [0.1, 0.15) is 0 Å². The van der Waals surface area contributed by atoms with Crippen LogP contribution in [-0.4, -0.2) is 66.5 Å². The van der Waals surface area contributed by atoms with Gasteiger partial charge in [-0.05, 0) is 45.4 Å². The summed E-state index contributed by atoms with van der Waals surface area (Å²) in [6.45, 7) is 12.2. The van der Waals surface area contributed by atoms with Crippen LogP contribution in [0.3, 0.4) is 0 Å². The first-order valence-electron chi connectivity index (χ1n) is 9.72. The topological polar surface area (TPSA) is 39.7 Å². The summed E-state index contributed by atoms with van der Waals surface area (Å²) in [5.41, 5.74) is 3.56.